The second-order valence-corrected chi connectivity index (χ2v) is 14.5. The van der Waals surface area contributed by atoms with Crippen LogP contribution in [-0.4, -0.2) is 16.8 Å². The van der Waals surface area contributed by atoms with Gasteiger partial charge in [0.15, 0.2) is 0 Å². The van der Waals surface area contributed by atoms with Gasteiger partial charge in [0, 0.05) is 5.75 Å². The smallest absolute Gasteiger partial charge is 0.275 e. The summed E-state index contributed by atoms with van der Waals surface area (Å²) in [5, 5.41) is 0. The Morgan fingerprint density at radius 3 is 1.68 bits per heavy atom. The topological polar surface area (TPSA) is 38.7 Å². The lowest BCUT2D eigenvalue weighted by molar-refractivity contribution is -0.239. The number of hydrogen-bond donors (Lipinski definition) is 1. The van der Waals surface area contributed by atoms with Crippen molar-refractivity contribution in [1.82, 2.24) is 0 Å². The van der Waals surface area contributed by atoms with E-state index in [2.05, 4.69) is 6.92 Å². The Balaban J connectivity index is 1.77. The SMILES string of the molecule is CCCCCCCCCCCCCCCCCSP(O)(=S)OOC1CCCC1. The zero-order valence-electron chi connectivity index (χ0n) is 18.2. The third kappa shape index (κ3) is 16.7. The van der Waals surface area contributed by atoms with Gasteiger partial charge in [-0.2, -0.15) is 4.67 Å². The molecule has 0 aromatic rings. The van der Waals surface area contributed by atoms with Crippen LogP contribution in [0.5, 0.6) is 0 Å². The van der Waals surface area contributed by atoms with Gasteiger partial charge in [0.25, 0.3) is 5.69 Å². The van der Waals surface area contributed by atoms with E-state index >= 15 is 0 Å². The summed E-state index contributed by atoms with van der Waals surface area (Å²) in [5.41, 5.74) is -2.81. The Bertz CT molecular complexity index is 390. The summed E-state index contributed by atoms with van der Waals surface area (Å²) in [6.07, 6.45) is 25.1. The molecule has 0 bridgehead atoms. The number of hydrogen-bond acceptors (Lipinski definition) is 4. The molecule has 1 fully saturated rings. The van der Waals surface area contributed by atoms with Crippen LogP contribution in [0.15, 0.2) is 0 Å². The minimum atomic E-state index is -2.81. The molecule has 6 heteroatoms. The zero-order chi connectivity index (χ0) is 20.3. The summed E-state index contributed by atoms with van der Waals surface area (Å²) < 4.78 is 5.18. The van der Waals surface area contributed by atoms with E-state index in [4.69, 9.17) is 21.4 Å². The molecule has 1 N–H and O–H groups in total. The summed E-state index contributed by atoms with van der Waals surface area (Å²) in [6, 6.07) is 0. The molecule has 1 saturated carbocycles. The molecule has 1 unspecified atom stereocenters. The fourth-order valence-electron chi connectivity index (χ4n) is 3.77. The molecule has 0 aromatic carbocycles. The third-order valence-corrected chi connectivity index (χ3v) is 9.49. The molecule has 0 spiro atoms. The molecular weight excluding hydrogens is 407 g/mol. The van der Waals surface area contributed by atoms with Crippen molar-refractivity contribution < 1.29 is 14.5 Å². The Kier molecular flexibility index (Phi) is 17.9. The fraction of sp³-hybridized carbons (Fsp3) is 1.00. The average molecular weight is 453 g/mol. The maximum atomic E-state index is 10.1. The molecule has 0 saturated heterocycles. The Labute approximate surface area is 184 Å². The molecular formula is C22H45O3PS2. The molecule has 1 rings (SSSR count). The van der Waals surface area contributed by atoms with Crippen molar-refractivity contribution in [2.75, 3.05) is 5.75 Å². The lowest BCUT2D eigenvalue weighted by Crippen LogP contribution is -2.06. The largest absolute Gasteiger partial charge is 0.336 e. The maximum absolute atomic E-state index is 10.1. The molecule has 1 aliphatic carbocycles. The van der Waals surface area contributed by atoms with E-state index in [1.807, 2.05) is 0 Å². The van der Waals surface area contributed by atoms with Gasteiger partial charge in [0.2, 0.25) is 0 Å². The molecule has 0 radical (unpaired) electrons. The van der Waals surface area contributed by atoms with Crippen LogP contribution in [0.2, 0.25) is 0 Å². The first-order chi connectivity index (χ1) is 13.6. The Morgan fingerprint density at radius 1 is 0.786 bits per heavy atom. The highest BCUT2D eigenvalue weighted by Gasteiger charge is 2.22. The minimum absolute atomic E-state index is 0.140. The highest BCUT2D eigenvalue weighted by Crippen LogP contribution is 2.57. The van der Waals surface area contributed by atoms with Gasteiger partial charge in [0.1, 0.15) is 0 Å². The zero-order valence-corrected chi connectivity index (χ0v) is 20.8. The van der Waals surface area contributed by atoms with E-state index < -0.39 is 5.69 Å². The van der Waals surface area contributed by atoms with E-state index in [1.165, 1.54) is 114 Å². The molecule has 0 amide bonds. The van der Waals surface area contributed by atoms with Gasteiger partial charge in [-0.1, -0.05) is 121 Å². The van der Waals surface area contributed by atoms with E-state index in [1.54, 1.807) is 0 Å². The summed E-state index contributed by atoms with van der Waals surface area (Å²) in [7, 11) is 0. The average Bonchev–Trinajstić information content (AvgIpc) is 3.20. The maximum Gasteiger partial charge on any atom is 0.275 e. The van der Waals surface area contributed by atoms with Crippen molar-refractivity contribution in [2.45, 2.75) is 135 Å². The Morgan fingerprint density at radius 2 is 1.21 bits per heavy atom. The summed E-state index contributed by atoms with van der Waals surface area (Å²) in [5.74, 6) is 0.875. The first-order valence-corrected chi connectivity index (χ1v) is 16.2. The van der Waals surface area contributed by atoms with Crippen molar-refractivity contribution in [2.24, 2.45) is 0 Å². The van der Waals surface area contributed by atoms with Gasteiger partial charge in [-0.15, -0.1) is 0 Å². The van der Waals surface area contributed by atoms with Crippen molar-refractivity contribution in [3.05, 3.63) is 0 Å². The van der Waals surface area contributed by atoms with Crippen LogP contribution in [0, 0.1) is 0 Å². The number of rotatable bonds is 20. The van der Waals surface area contributed by atoms with Gasteiger partial charge < -0.3 is 4.89 Å². The fourth-order valence-corrected chi connectivity index (χ4v) is 6.70. The van der Waals surface area contributed by atoms with E-state index in [9.17, 15) is 4.89 Å². The minimum Gasteiger partial charge on any atom is -0.336 e. The highest BCUT2D eigenvalue weighted by molar-refractivity contribution is 8.67. The van der Waals surface area contributed by atoms with Crippen LogP contribution in [0.25, 0.3) is 0 Å². The molecule has 168 valence electrons. The number of unbranched alkanes of at least 4 members (excludes halogenated alkanes) is 14. The lowest BCUT2D eigenvalue weighted by atomic mass is 10.0. The second-order valence-electron chi connectivity index (χ2n) is 8.33. The van der Waals surface area contributed by atoms with Crippen LogP contribution >= 0.6 is 17.1 Å². The first kappa shape index (κ1) is 26.9. The van der Waals surface area contributed by atoms with Crippen molar-refractivity contribution in [3.63, 3.8) is 0 Å². The lowest BCUT2D eigenvalue weighted by Gasteiger charge is -2.16. The van der Waals surface area contributed by atoms with Crippen LogP contribution < -0.4 is 0 Å². The van der Waals surface area contributed by atoms with Crippen molar-refractivity contribution in [1.29, 1.82) is 0 Å². The van der Waals surface area contributed by atoms with Crippen LogP contribution in [-0.2, 0) is 21.4 Å². The van der Waals surface area contributed by atoms with Gasteiger partial charge in [-0.05, 0) is 31.1 Å². The first-order valence-electron chi connectivity index (χ1n) is 12.0. The summed E-state index contributed by atoms with van der Waals surface area (Å²) in [4.78, 5) is 15.5. The van der Waals surface area contributed by atoms with E-state index in [-0.39, 0.29) is 6.10 Å². The van der Waals surface area contributed by atoms with Crippen LogP contribution in [0.1, 0.15) is 129 Å². The van der Waals surface area contributed by atoms with E-state index in [0.29, 0.717) is 0 Å². The van der Waals surface area contributed by atoms with Crippen LogP contribution in [0.3, 0.4) is 0 Å². The molecule has 3 nitrogen and oxygen atoms in total. The monoisotopic (exact) mass is 452 g/mol. The normalized spacial score (nSPS) is 17.2. The quantitative estimate of drug-likeness (QED) is 0.0865. The predicted octanol–water partition coefficient (Wildman–Crippen LogP) is 8.70. The van der Waals surface area contributed by atoms with E-state index in [0.717, 1.165) is 25.0 Å². The third-order valence-electron chi connectivity index (χ3n) is 5.58. The molecule has 1 aliphatic rings. The molecule has 1 atom stereocenters. The van der Waals surface area contributed by atoms with Crippen molar-refractivity contribution >= 4 is 28.9 Å². The van der Waals surface area contributed by atoms with Gasteiger partial charge >= 0.3 is 0 Å². The Hall–Kier alpha value is 0.880. The molecule has 28 heavy (non-hydrogen) atoms. The van der Waals surface area contributed by atoms with Gasteiger partial charge in [-0.25, -0.2) is 4.89 Å². The van der Waals surface area contributed by atoms with Gasteiger partial charge in [-0.3, -0.25) is 0 Å². The summed E-state index contributed by atoms with van der Waals surface area (Å²) in [6.45, 7) is 2.28. The second kappa shape index (κ2) is 18.6. The van der Waals surface area contributed by atoms with Crippen LogP contribution in [0.4, 0.5) is 0 Å². The standard InChI is InChI=1S/C22H45O3PS2/c1-2-3-4-5-6-7-8-9-10-11-12-13-14-15-18-21-28-26(23,27)25-24-22-19-16-17-20-22/h22H,2-21H2,1H3,(H,23,27). The predicted molar refractivity (Wildman–Crippen MR) is 128 cm³/mol. The summed E-state index contributed by atoms with van der Waals surface area (Å²) >= 11 is 6.55. The molecule has 0 heterocycles. The van der Waals surface area contributed by atoms with Crippen molar-refractivity contribution in [3.8, 4) is 0 Å². The molecule has 0 aliphatic heterocycles. The highest BCUT2D eigenvalue weighted by atomic mass is 32.9. The van der Waals surface area contributed by atoms with Gasteiger partial charge in [0.05, 0.1) is 6.10 Å². The molecule has 0 aromatic heterocycles.